The van der Waals surface area contributed by atoms with Gasteiger partial charge in [0.05, 0.1) is 30.0 Å². The van der Waals surface area contributed by atoms with Crippen LogP contribution in [-0.2, 0) is 9.53 Å². The number of hydrogen-bond donors (Lipinski definition) is 2. The van der Waals surface area contributed by atoms with Crippen molar-refractivity contribution in [2.75, 3.05) is 13.7 Å². The van der Waals surface area contributed by atoms with Gasteiger partial charge in [0.2, 0.25) is 5.91 Å². The number of likely N-dealkylation sites (tertiary alicyclic amines) is 1. The maximum Gasteiger partial charge on any atom is 0.407 e. The van der Waals surface area contributed by atoms with Gasteiger partial charge in [0.15, 0.2) is 5.75 Å². The first-order valence-corrected chi connectivity index (χ1v) is 12.9. The minimum Gasteiger partial charge on any atom is -0.479 e. The van der Waals surface area contributed by atoms with Crippen LogP contribution in [0.1, 0.15) is 57.1 Å². The highest BCUT2D eigenvalue weighted by Gasteiger charge is 2.37. The Morgan fingerprint density at radius 1 is 1.18 bits per heavy atom. The van der Waals surface area contributed by atoms with Gasteiger partial charge in [-0.25, -0.2) is 9.78 Å². The van der Waals surface area contributed by atoms with Crippen LogP contribution in [0.2, 0.25) is 0 Å². The van der Waals surface area contributed by atoms with E-state index in [2.05, 4.69) is 15.3 Å². The van der Waals surface area contributed by atoms with Crippen molar-refractivity contribution in [2.45, 2.75) is 51.8 Å². The van der Waals surface area contributed by atoms with E-state index < -0.39 is 23.2 Å². The maximum absolute atomic E-state index is 13.4. The van der Waals surface area contributed by atoms with Crippen LogP contribution in [0, 0.1) is 16.0 Å². The molecule has 0 unspecified atom stereocenters. The van der Waals surface area contributed by atoms with Crippen LogP contribution >= 0.6 is 0 Å². The predicted octanol–water partition coefficient (Wildman–Crippen LogP) is 5.17. The van der Waals surface area contributed by atoms with E-state index >= 15 is 0 Å². The second kappa shape index (κ2) is 12.0. The molecular formula is C28H33N5O6. The van der Waals surface area contributed by atoms with Gasteiger partial charge in [-0.2, -0.15) is 0 Å². The smallest absolute Gasteiger partial charge is 0.407 e. The van der Waals surface area contributed by atoms with Gasteiger partial charge < -0.3 is 24.7 Å². The number of nitro benzene ring substituents is 1. The van der Waals surface area contributed by atoms with Crippen LogP contribution in [0.5, 0.6) is 5.75 Å². The molecule has 206 valence electrons. The molecule has 39 heavy (non-hydrogen) atoms. The molecule has 0 aliphatic carbocycles. The fourth-order valence-corrected chi connectivity index (χ4v) is 4.75. The zero-order chi connectivity index (χ0) is 28.1. The van der Waals surface area contributed by atoms with Crippen molar-refractivity contribution >= 4 is 17.7 Å². The monoisotopic (exact) mass is 535 g/mol. The molecule has 0 radical (unpaired) electrons. The third-order valence-electron chi connectivity index (χ3n) is 6.88. The summed E-state index contributed by atoms with van der Waals surface area (Å²) in [5.74, 6) is 0.421. The topological polar surface area (TPSA) is 140 Å². The van der Waals surface area contributed by atoms with E-state index in [0.29, 0.717) is 30.0 Å². The lowest BCUT2D eigenvalue weighted by Gasteiger charge is -2.30. The van der Waals surface area contributed by atoms with E-state index in [-0.39, 0.29) is 29.3 Å². The quantitative estimate of drug-likeness (QED) is 0.285. The van der Waals surface area contributed by atoms with Crippen molar-refractivity contribution < 1.29 is 24.0 Å². The standard InChI is InChI=1S/C28H33N5O6/c1-17(2)25(31-28(35)38-4)27(34)32-14-8-11-23(32)26-29-16-21(30-26)20-12-13-22(33(36)37)24(15-20)39-18(3)19-9-6-5-7-10-19/h5-7,9-10,12-13,15-18,23,25H,8,11,14H2,1-4H3,(H,29,30)(H,31,35)/t18-,23-,25-/m0/s1. The first kappa shape index (κ1) is 27.6. The third kappa shape index (κ3) is 6.19. The lowest BCUT2D eigenvalue weighted by molar-refractivity contribution is -0.386. The molecule has 3 atom stereocenters. The maximum atomic E-state index is 13.4. The van der Waals surface area contributed by atoms with E-state index in [4.69, 9.17) is 9.47 Å². The van der Waals surface area contributed by atoms with Crippen molar-refractivity contribution in [1.82, 2.24) is 20.2 Å². The summed E-state index contributed by atoms with van der Waals surface area (Å²) in [4.78, 5) is 46.0. The summed E-state index contributed by atoms with van der Waals surface area (Å²) in [5, 5.41) is 14.3. The summed E-state index contributed by atoms with van der Waals surface area (Å²) in [5.41, 5.74) is 2.07. The number of methoxy groups -OCH3 is 1. The highest BCUT2D eigenvalue weighted by atomic mass is 16.6. The van der Waals surface area contributed by atoms with E-state index in [1.54, 1.807) is 23.2 Å². The summed E-state index contributed by atoms with van der Waals surface area (Å²) in [7, 11) is 1.26. The summed E-state index contributed by atoms with van der Waals surface area (Å²) < 4.78 is 10.7. The number of amides is 2. The number of imidazole rings is 1. The number of nitrogens with zero attached hydrogens (tertiary/aromatic N) is 3. The first-order valence-electron chi connectivity index (χ1n) is 12.9. The summed E-state index contributed by atoms with van der Waals surface area (Å²) in [6.45, 7) is 6.10. The first-order chi connectivity index (χ1) is 18.7. The van der Waals surface area contributed by atoms with Gasteiger partial charge in [0, 0.05) is 18.2 Å². The molecule has 1 fully saturated rings. The fraction of sp³-hybridized carbons (Fsp3) is 0.393. The van der Waals surface area contributed by atoms with Crippen molar-refractivity contribution in [2.24, 2.45) is 5.92 Å². The Morgan fingerprint density at radius 2 is 1.92 bits per heavy atom. The highest BCUT2D eigenvalue weighted by Crippen LogP contribution is 2.36. The molecule has 3 aromatic rings. The van der Waals surface area contributed by atoms with Gasteiger partial charge in [-0.1, -0.05) is 44.2 Å². The number of aromatic amines is 1. The number of nitrogens with one attached hydrogen (secondary N) is 2. The highest BCUT2D eigenvalue weighted by molar-refractivity contribution is 5.86. The normalized spacial score (nSPS) is 16.5. The minimum atomic E-state index is -0.728. The largest absolute Gasteiger partial charge is 0.479 e. The van der Waals surface area contributed by atoms with E-state index in [0.717, 1.165) is 12.0 Å². The van der Waals surface area contributed by atoms with E-state index in [1.165, 1.54) is 13.2 Å². The lowest BCUT2D eigenvalue weighted by Crippen LogP contribution is -2.51. The average molecular weight is 536 g/mol. The van der Waals surface area contributed by atoms with Crippen LogP contribution in [-0.4, -0.2) is 51.5 Å². The summed E-state index contributed by atoms with van der Waals surface area (Å²) >= 11 is 0. The van der Waals surface area contributed by atoms with Gasteiger partial charge in [0.1, 0.15) is 18.0 Å². The Balaban J connectivity index is 1.58. The summed E-state index contributed by atoms with van der Waals surface area (Å²) in [6, 6.07) is 13.1. The number of benzene rings is 2. The third-order valence-corrected chi connectivity index (χ3v) is 6.88. The Labute approximate surface area is 226 Å². The number of carbonyl (C=O) groups is 2. The number of carbonyl (C=O) groups excluding carboxylic acids is 2. The minimum absolute atomic E-state index is 0.133. The number of H-pyrrole nitrogens is 1. The van der Waals surface area contributed by atoms with Gasteiger partial charge >= 0.3 is 11.8 Å². The molecule has 2 amide bonds. The molecule has 11 nitrogen and oxygen atoms in total. The lowest BCUT2D eigenvalue weighted by atomic mass is 10.0. The number of hydrogen-bond acceptors (Lipinski definition) is 7. The van der Waals surface area contributed by atoms with E-state index in [9.17, 15) is 19.7 Å². The molecule has 1 saturated heterocycles. The number of aromatic nitrogens is 2. The molecule has 0 saturated carbocycles. The van der Waals surface area contributed by atoms with Gasteiger partial charge in [-0.05, 0) is 43.4 Å². The zero-order valence-corrected chi connectivity index (χ0v) is 22.4. The number of rotatable bonds is 9. The molecule has 0 bridgehead atoms. The number of alkyl carbamates (subject to hydrolysis) is 1. The molecule has 1 aliphatic heterocycles. The Hall–Kier alpha value is -4.41. The van der Waals surface area contributed by atoms with Crippen LogP contribution in [0.25, 0.3) is 11.3 Å². The van der Waals surface area contributed by atoms with Gasteiger partial charge in [-0.3, -0.25) is 14.9 Å². The van der Waals surface area contributed by atoms with Crippen LogP contribution in [0.15, 0.2) is 54.7 Å². The van der Waals surface area contributed by atoms with Gasteiger partial charge in [0.25, 0.3) is 0 Å². The van der Waals surface area contributed by atoms with Crippen LogP contribution in [0.3, 0.4) is 0 Å². The molecule has 0 spiro atoms. The Kier molecular flexibility index (Phi) is 8.48. The molecule has 4 rings (SSSR count). The Morgan fingerprint density at radius 3 is 2.59 bits per heavy atom. The van der Waals surface area contributed by atoms with Crippen molar-refractivity contribution in [1.29, 1.82) is 0 Å². The zero-order valence-electron chi connectivity index (χ0n) is 22.4. The SMILES string of the molecule is COC(=O)N[C@H](C(=O)N1CCC[C@H]1c1ncc(-c2ccc([N+](=O)[O-])c(O[C@@H](C)c3ccccc3)c2)[nH]1)C(C)C. The molecular weight excluding hydrogens is 502 g/mol. The second-order valence-electron chi connectivity index (χ2n) is 9.84. The molecule has 2 N–H and O–H groups in total. The molecule has 11 heteroatoms. The number of ether oxygens (including phenoxy) is 2. The second-order valence-corrected chi connectivity index (χ2v) is 9.84. The predicted molar refractivity (Wildman–Crippen MR) is 144 cm³/mol. The van der Waals surface area contributed by atoms with Gasteiger partial charge in [-0.15, -0.1) is 0 Å². The van der Waals surface area contributed by atoms with Crippen molar-refractivity contribution in [3.8, 4) is 17.0 Å². The van der Waals surface area contributed by atoms with Crippen LogP contribution in [0.4, 0.5) is 10.5 Å². The molecule has 1 aromatic heterocycles. The average Bonchev–Trinajstić information content (AvgIpc) is 3.61. The Bertz CT molecular complexity index is 1320. The van der Waals surface area contributed by atoms with E-state index in [1.807, 2.05) is 51.1 Å². The number of nitro groups is 1. The van der Waals surface area contributed by atoms with Crippen molar-refractivity contribution in [3.63, 3.8) is 0 Å². The molecule has 1 aliphatic rings. The van der Waals surface area contributed by atoms with Crippen LogP contribution < -0.4 is 10.1 Å². The fourth-order valence-electron chi connectivity index (χ4n) is 4.75. The molecule has 2 aromatic carbocycles. The molecule has 2 heterocycles. The van der Waals surface area contributed by atoms with Crippen molar-refractivity contribution in [3.05, 3.63) is 76.2 Å². The summed E-state index contributed by atoms with van der Waals surface area (Å²) in [6.07, 6.45) is 2.10.